The van der Waals surface area contributed by atoms with E-state index in [1.54, 1.807) is 32.0 Å². The average Bonchev–Trinajstić information content (AvgIpc) is 3.14. The minimum Gasteiger partial charge on any atom is -0.480 e. The van der Waals surface area contributed by atoms with Crippen molar-refractivity contribution in [2.24, 2.45) is 5.92 Å². The van der Waals surface area contributed by atoms with Crippen molar-refractivity contribution in [1.82, 2.24) is 4.90 Å². The molecule has 0 aromatic heterocycles. The third-order valence-electron chi connectivity index (χ3n) is 6.08. The Kier molecular flexibility index (Phi) is 7.22. The second-order valence-corrected chi connectivity index (χ2v) is 9.48. The maximum Gasteiger partial charge on any atom is 0.416 e. The molecule has 0 aliphatic carbocycles. The quantitative estimate of drug-likeness (QED) is 0.329. The molecule has 3 aromatic carbocycles. The molecule has 1 aliphatic rings. The van der Waals surface area contributed by atoms with Gasteiger partial charge < -0.3 is 20.6 Å². The summed E-state index contributed by atoms with van der Waals surface area (Å²) < 4.78 is 38.8. The average molecular weight is 528 g/mol. The number of halogens is 3. The van der Waals surface area contributed by atoms with Crippen LogP contribution in [0, 0.1) is 5.92 Å². The molecule has 1 amide bonds. The number of amides is 1. The van der Waals surface area contributed by atoms with Crippen LogP contribution in [0.2, 0.25) is 0 Å². The highest BCUT2D eigenvalue weighted by atomic mass is 32.1. The van der Waals surface area contributed by atoms with E-state index in [0.717, 1.165) is 28.8 Å². The first kappa shape index (κ1) is 26.2. The number of carboxylic acid groups (broad SMARTS) is 1. The Hall–Kier alpha value is -3.92. The third kappa shape index (κ3) is 5.75. The van der Waals surface area contributed by atoms with Gasteiger partial charge in [-0.1, -0.05) is 38.1 Å². The van der Waals surface area contributed by atoms with Crippen molar-refractivity contribution in [2.75, 3.05) is 10.6 Å². The number of carbonyl (C=O) groups excluding carboxylic acids is 1. The highest BCUT2D eigenvalue weighted by molar-refractivity contribution is 7.80. The summed E-state index contributed by atoms with van der Waals surface area (Å²) in [6.07, 6.45) is -4.45. The number of hydrogen-bond acceptors (Lipinski definition) is 3. The summed E-state index contributed by atoms with van der Waals surface area (Å²) in [5.74, 6) is -1.55. The fourth-order valence-corrected chi connectivity index (χ4v) is 4.57. The van der Waals surface area contributed by atoms with Crippen molar-refractivity contribution < 1.29 is 27.9 Å². The van der Waals surface area contributed by atoms with Gasteiger partial charge in [0.05, 0.1) is 5.56 Å². The van der Waals surface area contributed by atoms with E-state index in [9.17, 15) is 27.9 Å². The molecule has 0 radical (unpaired) electrons. The van der Waals surface area contributed by atoms with Crippen molar-refractivity contribution in [2.45, 2.75) is 32.6 Å². The number of nitrogens with zero attached hydrogens (tertiary/aromatic N) is 1. The van der Waals surface area contributed by atoms with E-state index in [1.807, 2.05) is 24.3 Å². The predicted molar refractivity (Wildman–Crippen MR) is 139 cm³/mol. The normalized spacial score (nSPS) is 13.9. The SMILES string of the molecule is CC(C)C(C(=O)O)N1Cc2cc(-c3ccc(NC(=S)Nc4cccc(C(F)(F)F)c4)cc3)ccc2C1=O. The molecule has 6 nitrogen and oxygen atoms in total. The number of anilines is 2. The predicted octanol–water partition coefficient (Wildman–Crippen LogP) is 6.25. The fraction of sp³-hybridized carbons (Fsp3) is 0.222. The van der Waals surface area contributed by atoms with Gasteiger partial charge in [0.2, 0.25) is 0 Å². The topological polar surface area (TPSA) is 81.7 Å². The molecule has 1 atom stereocenters. The first-order chi connectivity index (χ1) is 17.4. The molecule has 37 heavy (non-hydrogen) atoms. The summed E-state index contributed by atoms with van der Waals surface area (Å²) in [4.78, 5) is 25.9. The van der Waals surface area contributed by atoms with E-state index in [0.29, 0.717) is 11.3 Å². The van der Waals surface area contributed by atoms with Gasteiger partial charge in [0.1, 0.15) is 6.04 Å². The minimum absolute atomic E-state index is 0.140. The number of fused-ring (bicyclic) bond motifs is 1. The third-order valence-corrected chi connectivity index (χ3v) is 6.29. The van der Waals surface area contributed by atoms with E-state index >= 15 is 0 Å². The molecule has 1 unspecified atom stereocenters. The highest BCUT2D eigenvalue weighted by Gasteiger charge is 2.38. The number of aliphatic carboxylic acids is 1. The lowest BCUT2D eigenvalue weighted by molar-refractivity contribution is -0.144. The Balaban J connectivity index is 1.44. The Bertz CT molecular complexity index is 1360. The molecule has 0 bridgehead atoms. The van der Waals surface area contributed by atoms with Gasteiger partial charge in [-0.2, -0.15) is 13.2 Å². The number of benzene rings is 3. The zero-order valence-corrected chi connectivity index (χ0v) is 20.8. The van der Waals surface area contributed by atoms with Crippen molar-refractivity contribution in [1.29, 1.82) is 0 Å². The number of thiocarbonyl (C=S) groups is 1. The van der Waals surface area contributed by atoms with Crippen molar-refractivity contribution in [3.05, 3.63) is 83.4 Å². The van der Waals surface area contributed by atoms with Gasteiger partial charge in [-0.25, -0.2) is 4.79 Å². The van der Waals surface area contributed by atoms with Crippen LogP contribution in [0.3, 0.4) is 0 Å². The molecule has 0 saturated heterocycles. The molecule has 0 saturated carbocycles. The van der Waals surface area contributed by atoms with E-state index in [1.165, 1.54) is 17.0 Å². The second kappa shape index (κ2) is 10.2. The summed E-state index contributed by atoms with van der Waals surface area (Å²) in [7, 11) is 0. The first-order valence-corrected chi connectivity index (χ1v) is 11.9. The van der Waals surface area contributed by atoms with E-state index < -0.39 is 23.8 Å². The summed E-state index contributed by atoms with van der Waals surface area (Å²) >= 11 is 5.23. The second-order valence-electron chi connectivity index (χ2n) is 9.07. The Morgan fingerprint density at radius 3 is 2.24 bits per heavy atom. The van der Waals surface area contributed by atoms with E-state index in [-0.39, 0.29) is 29.2 Å². The van der Waals surface area contributed by atoms with Crippen molar-refractivity contribution in [3.8, 4) is 11.1 Å². The van der Waals surface area contributed by atoms with Crippen LogP contribution in [0.25, 0.3) is 11.1 Å². The molecular formula is C27H24F3N3O3S. The van der Waals surface area contributed by atoms with Crippen molar-refractivity contribution >= 4 is 40.6 Å². The molecule has 10 heteroatoms. The van der Waals surface area contributed by atoms with E-state index in [2.05, 4.69) is 10.6 Å². The molecule has 1 heterocycles. The molecule has 1 aliphatic heterocycles. The van der Waals surface area contributed by atoms with Gasteiger partial charge in [0.25, 0.3) is 5.91 Å². The number of rotatable bonds is 6. The number of alkyl halides is 3. The first-order valence-electron chi connectivity index (χ1n) is 11.5. The largest absolute Gasteiger partial charge is 0.480 e. The summed E-state index contributed by atoms with van der Waals surface area (Å²) in [5, 5.41) is 15.4. The zero-order chi connectivity index (χ0) is 26.9. The van der Waals surface area contributed by atoms with Crippen LogP contribution >= 0.6 is 12.2 Å². The summed E-state index contributed by atoms with van der Waals surface area (Å²) in [5.41, 5.74) is 3.08. The Morgan fingerprint density at radius 1 is 0.973 bits per heavy atom. The summed E-state index contributed by atoms with van der Waals surface area (Å²) in [6, 6.07) is 16.5. The van der Waals surface area contributed by atoms with Gasteiger partial charge in [-0.3, -0.25) is 4.79 Å². The Morgan fingerprint density at radius 2 is 1.62 bits per heavy atom. The van der Waals surface area contributed by atoms with Gasteiger partial charge in [-0.05, 0) is 77.3 Å². The molecule has 192 valence electrons. The van der Waals surface area contributed by atoms with Crippen LogP contribution in [0.1, 0.15) is 35.3 Å². The summed E-state index contributed by atoms with van der Waals surface area (Å²) in [6.45, 7) is 3.78. The fourth-order valence-electron chi connectivity index (χ4n) is 4.34. The Labute approximate surface area is 217 Å². The monoisotopic (exact) mass is 527 g/mol. The highest BCUT2D eigenvalue weighted by Crippen LogP contribution is 2.32. The molecule has 0 spiro atoms. The maximum absolute atomic E-state index is 12.9. The zero-order valence-electron chi connectivity index (χ0n) is 20.0. The van der Waals surface area contributed by atoms with Crippen LogP contribution in [-0.2, 0) is 17.5 Å². The van der Waals surface area contributed by atoms with Gasteiger partial charge in [-0.15, -0.1) is 0 Å². The van der Waals surface area contributed by atoms with Crippen LogP contribution in [0.5, 0.6) is 0 Å². The molecule has 3 N–H and O–H groups in total. The number of nitrogens with one attached hydrogen (secondary N) is 2. The number of carbonyl (C=O) groups is 2. The van der Waals surface area contributed by atoms with Crippen LogP contribution in [0.4, 0.5) is 24.5 Å². The van der Waals surface area contributed by atoms with Gasteiger partial charge in [0.15, 0.2) is 5.11 Å². The van der Waals surface area contributed by atoms with Crippen LogP contribution < -0.4 is 10.6 Å². The van der Waals surface area contributed by atoms with Crippen LogP contribution in [-0.4, -0.2) is 33.0 Å². The lowest BCUT2D eigenvalue weighted by atomic mass is 10.0. The maximum atomic E-state index is 12.9. The lowest BCUT2D eigenvalue weighted by Crippen LogP contribution is -2.44. The lowest BCUT2D eigenvalue weighted by Gasteiger charge is -2.27. The van der Waals surface area contributed by atoms with Gasteiger partial charge in [0, 0.05) is 23.5 Å². The van der Waals surface area contributed by atoms with Crippen molar-refractivity contribution in [3.63, 3.8) is 0 Å². The smallest absolute Gasteiger partial charge is 0.416 e. The standard InChI is InChI=1S/C27H24F3N3O3S/c1-15(2)23(25(35)36)33-14-18-12-17(8-11-22(18)24(33)34)16-6-9-20(10-7-16)31-26(37)32-21-5-3-4-19(13-21)27(28,29)30/h3-13,15,23H,14H2,1-2H3,(H,35,36)(H2,31,32,37). The molecular weight excluding hydrogens is 503 g/mol. The number of carboxylic acids is 1. The molecule has 3 aromatic rings. The minimum atomic E-state index is -4.45. The molecule has 0 fully saturated rings. The van der Waals surface area contributed by atoms with Gasteiger partial charge >= 0.3 is 12.1 Å². The molecule has 4 rings (SSSR count). The van der Waals surface area contributed by atoms with Crippen LogP contribution in [0.15, 0.2) is 66.7 Å². The number of hydrogen-bond donors (Lipinski definition) is 3. The van der Waals surface area contributed by atoms with E-state index in [4.69, 9.17) is 12.2 Å².